The largest absolute Gasteiger partial charge is 0.442 e. The molecule has 0 aliphatic carbocycles. The second-order valence-electron chi connectivity index (χ2n) is 5.20. The molecule has 3 rings (SSSR count). The van der Waals surface area contributed by atoms with Crippen LogP contribution in [0, 0.1) is 17.0 Å². The molecule has 6 heteroatoms. The van der Waals surface area contributed by atoms with Crippen LogP contribution in [0.1, 0.15) is 12.5 Å². The highest BCUT2D eigenvalue weighted by Crippen LogP contribution is 2.42. The molecule has 0 aliphatic heterocycles. The van der Waals surface area contributed by atoms with Crippen molar-refractivity contribution in [1.29, 1.82) is 0 Å². The fourth-order valence-corrected chi connectivity index (χ4v) is 2.67. The van der Waals surface area contributed by atoms with E-state index in [0.29, 0.717) is 27.8 Å². The Balaban J connectivity index is 2.36. The van der Waals surface area contributed by atoms with E-state index >= 15 is 0 Å². The summed E-state index contributed by atoms with van der Waals surface area (Å²) in [5, 5.41) is 14.7. The van der Waals surface area contributed by atoms with Crippen LogP contribution < -0.4 is 5.32 Å². The Morgan fingerprint density at radius 2 is 1.87 bits per heavy atom. The van der Waals surface area contributed by atoms with E-state index < -0.39 is 4.92 Å². The van der Waals surface area contributed by atoms with Crippen molar-refractivity contribution in [1.82, 2.24) is 0 Å². The van der Waals surface area contributed by atoms with Crippen molar-refractivity contribution in [2.24, 2.45) is 0 Å². The number of aryl methyl sites for hydroxylation is 1. The molecule has 0 saturated carbocycles. The third-order valence-electron chi connectivity index (χ3n) is 3.64. The SMILES string of the molecule is CC(=O)Nc1ccc2oc([N+](=O)[O-])c(-c3ccccc3)c2c1C. The lowest BCUT2D eigenvalue weighted by Crippen LogP contribution is -2.07. The van der Waals surface area contributed by atoms with Crippen molar-refractivity contribution >= 4 is 28.4 Å². The molecule has 116 valence electrons. The van der Waals surface area contributed by atoms with Gasteiger partial charge in [0, 0.05) is 18.0 Å². The maximum absolute atomic E-state index is 11.4. The van der Waals surface area contributed by atoms with E-state index in [0.717, 1.165) is 5.56 Å². The van der Waals surface area contributed by atoms with Gasteiger partial charge in [0.2, 0.25) is 5.91 Å². The third kappa shape index (κ3) is 2.55. The van der Waals surface area contributed by atoms with Gasteiger partial charge in [0.15, 0.2) is 0 Å². The molecule has 2 aromatic carbocycles. The fraction of sp³-hybridized carbons (Fsp3) is 0.118. The number of anilines is 1. The van der Waals surface area contributed by atoms with Crippen molar-refractivity contribution in [3.63, 3.8) is 0 Å². The third-order valence-corrected chi connectivity index (χ3v) is 3.64. The van der Waals surface area contributed by atoms with Crippen LogP contribution in [0.2, 0.25) is 0 Å². The number of carbonyl (C=O) groups is 1. The lowest BCUT2D eigenvalue weighted by atomic mass is 9.99. The molecular weight excluding hydrogens is 296 g/mol. The Labute approximate surface area is 131 Å². The van der Waals surface area contributed by atoms with Crippen LogP contribution in [0.25, 0.3) is 22.1 Å². The number of amides is 1. The van der Waals surface area contributed by atoms with Gasteiger partial charge in [0.05, 0.1) is 0 Å². The van der Waals surface area contributed by atoms with Crippen LogP contribution in [0.4, 0.5) is 11.6 Å². The predicted molar refractivity (Wildman–Crippen MR) is 87.3 cm³/mol. The minimum atomic E-state index is -0.528. The fourth-order valence-electron chi connectivity index (χ4n) is 2.67. The number of hydrogen-bond donors (Lipinski definition) is 1. The summed E-state index contributed by atoms with van der Waals surface area (Å²) in [7, 11) is 0. The van der Waals surface area contributed by atoms with Gasteiger partial charge in [-0.15, -0.1) is 0 Å². The zero-order valence-electron chi connectivity index (χ0n) is 12.6. The van der Waals surface area contributed by atoms with Gasteiger partial charge in [0.1, 0.15) is 16.1 Å². The van der Waals surface area contributed by atoms with Gasteiger partial charge in [-0.3, -0.25) is 14.9 Å². The quantitative estimate of drug-likeness (QED) is 0.578. The minimum absolute atomic E-state index is 0.202. The maximum atomic E-state index is 11.4. The molecule has 0 bridgehead atoms. The van der Waals surface area contributed by atoms with E-state index in [9.17, 15) is 14.9 Å². The molecule has 1 N–H and O–H groups in total. The average Bonchev–Trinajstić information content (AvgIpc) is 2.91. The van der Waals surface area contributed by atoms with Gasteiger partial charge in [-0.25, -0.2) is 0 Å². The summed E-state index contributed by atoms with van der Waals surface area (Å²) in [5.41, 5.74) is 2.88. The number of rotatable bonds is 3. The smallest absolute Gasteiger partial charge is 0.400 e. The summed E-state index contributed by atoms with van der Waals surface area (Å²) in [6.45, 7) is 3.22. The second-order valence-corrected chi connectivity index (χ2v) is 5.20. The summed E-state index contributed by atoms with van der Waals surface area (Å²) in [6.07, 6.45) is 0. The van der Waals surface area contributed by atoms with Crippen molar-refractivity contribution in [2.45, 2.75) is 13.8 Å². The Hall–Kier alpha value is -3.15. The number of nitrogens with zero attached hydrogens (tertiary/aromatic N) is 1. The lowest BCUT2D eigenvalue weighted by Gasteiger charge is -2.08. The highest BCUT2D eigenvalue weighted by Gasteiger charge is 2.27. The van der Waals surface area contributed by atoms with E-state index in [2.05, 4.69) is 5.32 Å². The van der Waals surface area contributed by atoms with Gasteiger partial charge in [-0.05, 0) is 30.2 Å². The minimum Gasteiger partial charge on any atom is -0.400 e. The molecule has 3 aromatic rings. The van der Waals surface area contributed by atoms with Crippen LogP contribution in [0.5, 0.6) is 0 Å². The highest BCUT2D eigenvalue weighted by atomic mass is 16.6. The summed E-state index contributed by atoms with van der Waals surface area (Å²) in [5.74, 6) is -0.499. The van der Waals surface area contributed by atoms with Gasteiger partial charge in [-0.1, -0.05) is 30.3 Å². The van der Waals surface area contributed by atoms with Gasteiger partial charge >= 0.3 is 5.88 Å². The first-order valence-corrected chi connectivity index (χ1v) is 7.02. The number of fused-ring (bicyclic) bond motifs is 1. The summed E-state index contributed by atoms with van der Waals surface area (Å²) >= 11 is 0. The Bertz CT molecular complexity index is 913. The molecule has 0 aliphatic rings. The molecule has 23 heavy (non-hydrogen) atoms. The monoisotopic (exact) mass is 310 g/mol. The standard InChI is InChI=1S/C17H14N2O4/c1-10-13(18-11(2)20)8-9-14-15(10)16(17(23-14)19(21)22)12-6-4-3-5-7-12/h3-9H,1-2H3,(H,18,20). The van der Waals surface area contributed by atoms with Crippen molar-refractivity contribution < 1.29 is 14.1 Å². The zero-order chi connectivity index (χ0) is 16.6. The molecule has 0 radical (unpaired) electrons. The first-order chi connectivity index (χ1) is 11.0. The topological polar surface area (TPSA) is 85.4 Å². The van der Waals surface area contributed by atoms with Crippen LogP contribution in [0.15, 0.2) is 46.9 Å². The van der Waals surface area contributed by atoms with Crippen molar-refractivity contribution in [2.75, 3.05) is 5.32 Å². The van der Waals surface area contributed by atoms with Crippen LogP contribution in [0.3, 0.4) is 0 Å². The normalized spacial score (nSPS) is 10.7. The predicted octanol–water partition coefficient (Wildman–Crippen LogP) is 4.27. The number of nitrogens with one attached hydrogen (secondary N) is 1. The average molecular weight is 310 g/mol. The van der Waals surface area contributed by atoms with E-state index in [1.165, 1.54) is 6.92 Å². The Morgan fingerprint density at radius 1 is 1.17 bits per heavy atom. The maximum Gasteiger partial charge on any atom is 0.442 e. The van der Waals surface area contributed by atoms with Crippen molar-refractivity contribution in [3.8, 4) is 11.1 Å². The van der Waals surface area contributed by atoms with Gasteiger partial charge < -0.3 is 9.73 Å². The van der Waals surface area contributed by atoms with E-state index in [-0.39, 0.29) is 11.8 Å². The molecule has 6 nitrogen and oxygen atoms in total. The molecule has 0 atom stereocenters. The van der Waals surface area contributed by atoms with Crippen LogP contribution >= 0.6 is 0 Å². The van der Waals surface area contributed by atoms with Gasteiger partial charge in [-0.2, -0.15) is 0 Å². The number of furan rings is 1. The molecular formula is C17H14N2O4. The zero-order valence-corrected chi connectivity index (χ0v) is 12.6. The van der Waals surface area contributed by atoms with Crippen molar-refractivity contribution in [3.05, 3.63) is 58.1 Å². The molecule has 0 unspecified atom stereocenters. The van der Waals surface area contributed by atoms with E-state index in [1.54, 1.807) is 31.2 Å². The van der Waals surface area contributed by atoms with E-state index in [4.69, 9.17) is 4.42 Å². The molecule has 0 saturated heterocycles. The number of carbonyl (C=O) groups excluding carboxylic acids is 1. The summed E-state index contributed by atoms with van der Waals surface area (Å²) in [4.78, 5) is 22.2. The number of benzene rings is 2. The lowest BCUT2D eigenvalue weighted by molar-refractivity contribution is -0.400. The number of nitro groups is 1. The van der Waals surface area contributed by atoms with Crippen LogP contribution in [-0.4, -0.2) is 10.8 Å². The van der Waals surface area contributed by atoms with E-state index in [1.807, 2.05) is 18.2 Å². The summed E-state index contributed by atoms with van der Waals surface area (Å²) in [6, 6.07) is 12.4. The Morgan fingerprint density at radius 3 is 2.48 bits per heavy atom. The molecule has 0 spiro atoms. The molecule has 1 amide bonds. The van der Waals surface area contributed by atoms with Crippen LogP contribution in [-0.2, 0) is 4.79 Å². The van der Waals surface area contributed by atoms with Gasteiger partial charge in [0.25, 0.3) is 0 Å². The molecule has 0 fully saturated rings. The highest BCUT2D eigenvalue weighted by molar-refractivity contribution is 6.04. The Kier molecular flexibility index (Phi) is 3.57. The first kappa shape index (κ1) is 14.8. The number of hydrogen-bond acceptors (Lipinski definition) is 4. The second kappa shape index (κ2) is 5.57. The molecule has 1 heterocycles. The molecule has 1 aromatic heterocycles. The first-order valence-electron chi connectivity index (χ1n) is 7.02. The summed E-state index contributed by atoms with van der Waals surface area (Å²) < 4.78 is 5.44.